The number of carbonyl (C=O) groups excluding carboxylic acids is 2. The van der Waals surface area contributed by atoms with Gasteiger partial charge in [-0.15, -0.1) is 0 Å². The number of hydrogen-bond acceptors (Lipinski definition) is 6. The molecule has 0 saturated carbocycles. The Morgan fingerprint density at radius 2 is 1.83 bits per heavy atom. The third kappa shape index (κ3) is 6.50. The lowest BCUT2D eigenvalue weighted by Gasteiger charge is -2.28. The number of amides is 3. The summed E-state index contributed by atoms with van der Waals surface area (Å²) in [6, 6.07) is 11.8. The summed E-state index contributed by atoms with van der Waals surface area (Å²) in [4.78, 5) is 42.3. The molecule has 1 atom stereocenters. The van der Waals surface area contributed by atoms with Crippen molar-refractivity contribution in [2.75, 3.05) is 17.6 Å². The highest BCUT2D eigenvalue weighted by atomic mass is 35.5. The first-order valence-electron chi connectivity index (χ1n) is 10.3. The quantitative estimate of drug-likeness (QED) is 0.350. The molecule has 0 radical (unpaired) electrons. The van der Waals surface area contributed by atoms with E-state index < -0.39 is 23.7 Å². The zero-order valence-corrected chi connectivity index (χ0v) is 19.2. The van der Waals surface area contributed by atoms with Crippen LogP contribution in [0.2, 0.25) is 5.02 Å². The van der Waals surface area contributed by atoms with Crippen LogP contribution in [0.5, 0.6) is 0 Å². The second-order valence-corrected chi connectivity index (χ2v) is 8.20. The number of nitrogen functional groups attached to an aromatic ring is 1. The van der Waals surface area contributed by atoms with Gasteiger partial charge < -0.3 is 26.8 Å². The highest BCUT2D eigenvalue weighted by Crippen LogP contribution is 2.25. The number of halogens is 4. The third-order valence-corrected chi connectivity index (χ3v) is 5.46. The molecule has 4 rings (SSSR count). The summed E-state index contributed by atoms with van der Waals surface area (Å²) in [6.07, 6.45) is -2.88. The smallest absolute Gasteiger partial charge is 0.475 e. The summed E-state index contributed by atoms with van der Waals surface area (Å²) in [5.41, 5.74) is 6.96. The van der Waals surface area contributed by atoms with Gasteiger partial charge >= 0.3 is 18.2 Å². The number of carboxylic acid groups (broad SMARTS) is 1. The van der Waals surface area contributed by atoms with Crippen molar-refractivity contribution in [2.24, 2.45) is 0 Å². The molecule has 1 fully saturated rings. The molecule has 2 aromatic carbocycles. The fraction of sp³-hybridized carbons (Fsp3) is 0.227. The molecule has 1 saturated heterocycles. The first kappa shape index (κ1) is 26.5. The number of urea groups is 1. The third-order valence-electron chi connectivity index (χ3n) is 5.21. The minimum Gasteiger partial charge on any atom is -0.475 e. The summed E-state index contributed by atoms with van der Waals surface area (Å²) >= 11 is 5.87. The maximum Gasteiger partial charge on any atom is 0.490 e. The number of nitrogens with zero attached hydrogens (tertiary/aromatic N) is 2. The molecule has 1 aromatic heterocycles. The maximum atomic E-state index is 12.6. The molecule has 36 heavy (non-hydrogen) atoms. The number of aliphatic carboxylic acids is 1. The first-order valence-corrected chi connectivity index (χ1v) is 10.7. The average Bonchev–Trinajstić information content (AvgIpc) is 3.14. The minimum atomic E-state index is -5.08. The number of nitrogens with one attached hydrogen (secondary N) is 3. The van der Waals surface area contributed by atoms with Gasteiger partial charge in [-0.25, -0.2) is 19.6 Å². The molecule has 2 heterocycles. The van der Waals surface area contributed by atoms with Crippen LogP contribution in [-0.4, -0.2) is 51.2 Å². The van der Waals surface area contributed by atoms with Crippen LogP contribution >= 0.6 is 11.6 Å². The summed E-state index contributed by atoms with van der Waals surface area (Å²) in [5.74, 6) is -2.58. The average molecular weight is 525 g/mol. The Morgan fingerprint density at radius 3 is 2.42 bits per heavy atom. The largest absolute Gasteiger partial charge is 0.490 e. The van der Waals surface area contributed by atoms with Gasteiger partial charge in [0.05, 0.1) is 5.52 Å². The fourth-order valence-electron chi connectivity index (χ4n) is 3.50. The Bertz CT molecular complexity index is 1290. The molecule has 0 unspecified atom stereocenters. The van der Waals surface area contributed by atoms with Gasteiger partial charge in [-0.3, -0.25) is 4.79 Å². The molecule has 0 aliphatic carbocycles. The molecule has 0 bridgehead atoms. The van der Waals surface area contributed by atoms with Crippen molar-refractivity contribution in [3.63, 3.8) is 0 Å². The molecule has 1 aliphatic heterocycles. The van der Waals surface area contributed by atoms with Crippen LogP contribution < -0.4 is 21.7 Å². The Morgan fingerprint density at radius 1 is 1.17 bits per heavy atom. The van der Waals surface area contributed by atoms with Crippen molar-refractivity contribution in [3.8, 4) is 0 Å². The van der Waals surface area contributed by atoms with Crippen LogP contribution in [0.15, 0.2) is 48.8 Å². The number of fused-ring (bicyclic) bond motifs is 1. The maximum absolute atomic E-state index is 12.6. The van der Waals surface area contributed by atoms with Gasteiger partial charge in [0.2, 0.25) is 5.91 Å². The van der Waals surface area contributed by atoms with E-state index in [9.17, 15) is 22.8 Å². The van der Waals surface area contributed by atoms with Gasteiger partial charge in [0.15, 0.2) is 0 Å². The molecule has 6 N–H and O–H groups in total. The van der Waals surface area contributed by atoms with Gasteiger partial charge in [0.1, 0.15) is 17.7 Å². The van der Waals surface area contributed by atoms with E-state index in [0.717, 1.165) is 10.9 Å². The van der Waals surface area contributed by atoms with E-state index in [4.69, 9.17) is 27.2 Å². The van der Waals surface area contributed by atoms with Crippen LogP contribution in [0, 0.1) is 0 Å². The van der Waals surface area contributed by atoms with Gasteiger partial charge in [-0.1, -0.05) is 17.7 Å². The minimum absolute atomic E-state index is 0.217. The summed E-state index contributed by atoms with van der Waals surface area (Å²) in [7, 11) is 0. The predicted molar refractivity (Wildman–Crippen MR) is 125 cm³/mol. The Hall–Kier alpha value is -4.13. The first-order chi connectivity index (χ1) is 16.9. The van der Waals surface area contributed by atoms with Crippen LogP contribution in [-0.2, 0) is 16.0 Å². The van der Waals surface area contributed by atoms with Gasteiger partial charge in [0, 0.05) is 29.1 Å². The van der Waals surface area contributed by atoms with Crippen molar-refractivity contribution < 1.29 is 32.7 Å². The van der Waals surface area contributed by atoms with Crippen molar-refractivity contribution in [3.05, 3.63) is 59.4 Å². The van der Waals surface area contributed by atoms with Crippen LogP contribution in [0.3, 0.4) is 0 Å². The zero-order chi connectivity index (χ0) is 26.5. The van der Waals surface area contributed by atoms with Gasteiger partial charge in [-0.2, -0.15) is 13.2 Å². The fourth-order valence-corrected chi connectivity index (χ4v) is 3.63. The Labute approximate surface area is 207 Å². The molecular formula is C22H20ClF3N6O4. The Balaban J connectivity index is 0.000000454. The molecule has 3 aromatic rings. The molecule has 190 valence electrons. The number of rotatable bonds is 4. The van der Waals surface area contributed by atoms with Crippen molar-refractivity contribution >= 4 is 51.9 Å². The Kier molecular flexibility index (Phi) is 7.83. The second kappa shape index (κ2) is 10.6. The van der Waals surface area contributed by atoms with Crippen molar-refractivity contribution in [1.29, 1.82) is 0 Å². The number of carbonyl (C=O) groups is 3. The second-order valence-electron chi connectivity index (χ2n) is 7.76. The topological polar surface area (TPSA) is 159 Å². The normalized spacial score (nSPS) is 17.1. The zero-order valence-electron chi connectivity index (χ0n) is 18.4. The number of aromatic nitrogens is 2. The predicted octanol–water partition coefficient (Wildman–Crippen LogP) is 3.12. The standard InChI is InChI=1S/C20H19ClN6O2.C2HF3O2/c21-13-2-4-14(5-3-13)26-19(29)27-20(7-8-23-18(20)28)10-12-1-6-15-16(9-12)24-11-25-17(15)22;3-2(4,5)1(6)7/h1-6,9,11H,7-8,10H2,(H,23,28)(H2,22,24,25)(H2,26,27,29);(H,6,7)/t20-;/m1./s1. The van der Waals surface area contributed by atoms with Gasteiger partial charge in [0.25, 0.3) is 0 Å². The van der Waals surface area contributed by atoms with E-state index in [-0.39, 0.29) is 5.91 Å². The summed E-state index contributed by atoms with van der Waals surface area (Å²) in [6.45, 7) is 0.489. The molecular weight excluding hydrogens is 505 g/mol. The highest BCUT2D eigenvalue weighted by molar-refractivity contribution is 6.30. The molecule has 1 aliphatic rings. The van der Waals surface area contributed by atoms with E-state index >= 15 is 0 Å². The monoisotopic (exact) mass is 524 g/mol. The number of nitrogens with two attached hydrogens (primary N) is 1. The lowest BCUT2D eigenvalue weighted by molar-refractivity contribution is -0.192. The van der Waals surface area contributed by atoms with Crippen LogP contribution in [0.1, 0.15) is 12.0 Å². The van der Waals surface area contributed by atoms with Gasteiger partial charge in [-0.05, 0) is 48.4 Å². The van der Waals surface area contributed by atoms with Crippen molar-refractivity contribution in [2.45, 2.75) is 24.6 Å². The lowest BCUT2D eigenvalue weighted by Crippen LogP contribution is -2.56. The number of hydrogen-bond donors (Lipinski definition) is 5. The number of anilines is 2. The van der Waals surface area contributed by atoms with Crippen LogP contribution in [0.25, 0.3) is 10.9 Å². The molecule has 10 nitrogen and oxygen atoms in total. The van der Waals surface area contributed by atoms with E-state index in [1.165, 1.54) is 6.33 Å². The molecule has 14 heteroatoms. The number of carboxylic acids is 1. The summed E-state index contributed by atoms with van der Waals surface area (Å²) < 4.78 is 31.7. The lowest BCUT2D eigenvalue weighted by atomic mass is 9.89. The molecule has 0 spiro atoms. The molecule has 3 amide bonds. The van der Waals surface area contributed by atoms with E-state index in [1.54, 1.807) is 24.3 Å². The van der Waals surface area contributed by atoms with Crippen LogP contribution in [0.4, 0.5) is 29.5 Å². The summed E-state index contributed by atoms with van der Waals surface area (Å²) in [5, 5.41) is 16.9. The van der Waals surface area contributed by atoms with E-state index in [2.05, 4.69) is 25.9 Å². The van der Waals surface area contributed by atoms with Crippen molar-refractivity contribution in [1.82, 2.24) is 20.6 Å². The number of benzene rings is 2. The van der Waals surface area contributed by atoms with E-state index in [0.29, 0.717) is 41.4 Å². The highest BCUT2D eigenvalue weighted by Gasteiger charge is 2.44. The SMILES string of the molecule is Nc1ncnc2cc(C[C@]3(NC(=O)Nc4ccc(Cl)cc4)CCNC3=O)ccc12.O=C(O)C(F)(F)F. The van der Waals surface area contributed by atoms with E-state index in [1.807, 2.05) is 18.2 Å². The number of alkyl halides is 3.